The lowest BCUT2D eigenvalue weighted by Crippen LogP contribution is -2.23. The summed E-state index contributed by atoms with van der Waals surface area (Å²) in [5, 5.41) is 9.34. The molecule has 0 saturated heterocycles. The van der Waals surface area contributed by atoms with E-state index < -0.39 is 17.3 Å². The Morgan fingerprint density at radius 3 is 2.58 bits per heavy atom. The van der Waals surface area contributed by atoms with E-state index in [0.717, 1.165) is 24.0 Å². The highest BCUT2D eigenvalue weighted by Crippen LogP contribution is 2.43. The van der Waals surface area contributed by atoms with Crippen molar-refractivity contribution >= 4 is 17.2 Å². The van der Waals surface area contributed by atoms with Crippen LogP contribution < -0.4 is 11.3 Å². The first-order valence-corrected chi connectivity index (χ1v) is 8.36. The largest absolute Gasteiger partial charge is 0.477 e. The SMILES string of the molecule is Cc1c(-c2ccc(N)cc2F)ccn2c(=O)c(C(=O)O)cc(C3CC3)c12. The van der Waals surface area contributed by atoms with Crippen molar-refractivity contribution in [2.24, 2.45) is 0 Å². The summed E-state index contributed by atoms with van der Waals surface area (Å²) in [5.74, 6) is -1.44. The molecule has 2 heterocycles. The number of nitrogens with zero attached hydrogens (tertiary/aromatic N) is 1. The van der Waals surface area contributed by atoms with Crippen molar-refractivity contribution in [3.8, 4) is 11.1 Å². The molecule has 0 bridgehead atoms. The Balaban J connectivity index is 2.07. The Labute approximate surface area is 148 Å². The van der Waals surface area contributed by atoms with Crippen LogP contribution in [0.5, 0.6) is 0 Å². The molecule has 1 aliphatic rings. The minimum absolute atomic E-state index is 0.230. The minimum atomic E-state index is -1.24. The van der Waals surface area contributed by atoms with Gasteiger partial charge in [-0.2, -0.15) is 0 Å². The summed E-state index contributed by atoms with van der Waals surface area (Å²) in [5.41, 5.74) is 8.44. The predicted octanol–water partition coefficient (Wildman–Crippen LogP) is 3.57. The van der Waals surface area contributed by atoms with Crippen molar-refractivity contribution in [1.82, 2.24) is 4.40 Å². The van der Waals surface area contributed by atoms with Gasteiger partial charge in [0.2, 0.25) is 0 Å². The second-order valence-electron chi connectivity index (χ2n) is 6.71. The topological polar surface area (TPSA) is 84.8 Å². The smallest absolute Gasteiger partial charge is 0.341 e. The molecule has 1 aromatic carbocycles. The van der Waals surface area contributed by atoms with Gasteiger partial charge in [-0.05, 0) is 72.7 Å². The zero-order chi connectivity index (χ0) is 18.6. The van der Waals surface area contributed by atoms with Gasteiger partial charge in [-0.25, -0.2) is 9.18 Å². The third-order valence-electron chi connectivity index (χ3n) is 4.94. The van der Waals surface area contributed by atoms with Gasteiger partial charge in [0.1, 0.15) is 11.4 Å². The number of hydrogen-bond donors (Lipinski definition) is 2. The molecule has 3 N–H and O–H groups in total. The molecule has 1 saturated carbocycles. The molecule has 0 amide bonds. The molecule has 4 rings (SSSR count). The van der Waals surface area contributed by atoms with E-state index in [4.69, 9.17) is 5.73 Å². The van der Waals surface area contributed by atoms with Gasteiger partial charge in [0.15, 0.2) is 0 Å². The fraction of sp³-hybridized carbons (Fsp3) is 0.200. The number of anilines is 1. The number of aromatic nitrogens is 1. The van der Waals surface area contributed by atoms with E-state index in [-0.39, 0.29) is 11.5 Å². The molecule has 2 aromatic heterocycles. The van der Waals surface area contributed by atoms with Gasteiger partial charge in [-0.3, -0.25) is 9.20 Å². The Kier molecular flexibility index (Phi) is 3.57. The van der Waals surface area contributed by atoms with Gasteiger partial charge in [0, 0.05) is 17.4 Å². The monoisotopic (exact) mass is 352 g/mol. The molecule has 0 atom stereocenters. The number of benzene rings is 1. The van der Waals surface area contributed by atoms with Crippen molar-refractivity contribution in [3.05, 3.63) is 69.4 Å². The summed E-state index contributed by atoms with van der Waals surface area (Å²) in [7, 11) is 0. The number of aromatic carboxylic acids is 1. The maximum absolute atomic E-state index is 14.4. The molecule has 0 spiro atoms. The third kappa shape index (κ3) is 2.45. The molecular weight excluding hydrogens is 335 g/mol. The highest BCUT2D eigenvalue weighted by atomic mass is 19.1. The number of rotatable bonds is 3. The summed E-state index contributed by atoms with van der Waals surface area (Å²) in [6.45, 7) is 1.83. The maximum atomic E-state index is 14.4. The van der Waals surface area contributed by atoms with Crippen LogP contribution in [0.2, 0.25) is 0 Å². The quantitative estimate of drug-likeness (QED) is 0.706. The summed E-state index contributed by atoms with van der Waals surface area (Å²) in [6.07, 6.45) is 3.42. The molecule has 5 nitrogen and oxygen atoms in total. The summed E-state index contributed by atoms with van der Waals surface area (Å²) < 4.78 is 15.8. The van der Waals surface area contributed by atoms with E-state index in [1.165, 1.54) is 22.7 Å². The van der Waals surface area contributed by atoms with Gasteiger partial charge in [-0.15, -0.1) is 0 Å². The van der Waals surface area contributed by atoms with Crippen molar-refractivity contribution in [1.29, 1.82) is 0 Å². The van der Waals surface area contributed by atoms with E-state index in [9.17, 15) is 19.1 Å². The van der Waals surface area contributed by atoms with E-state index in [2.05, 4.69) is 0 Å². The molecule has 132 valence electrons. The lowest BCUT2D eigenvalue weighted by atomic mass is 9.96. The first-order valence-electron chi connectivity index (χ1n) is 8.36. The van der Waals surface area contributed by atoms with Crippen LogP contribution in [0, 0.1) is 12.7 Å². The molecule has 6 heteroatoms. The number of halogens is 1. The molecule has 1 fully saturated rings. The van der Waals surface area contributed by atoms with Crippen LogP contribution in [0.1, 0.15) is 40.2 Å². The number of aryl methyl sites for hydroxylation is 1. The number of pyridine rings is 2. The highest BCUT2D eigenvalue weighted by Gasteiger charge is 2.29. The predicted molar refractivity (Wildman–Crippen MR) is 97.1 cm³/mol. The van der Waals surface area contributed by atoms with Crippen LogP contribution in [-0.4, -0.2) is 15.5 Å². The number of nitrogens with two attached hydrogens (primary N) is 1. The molecule has 26 heavy (non-hydrogen) atoms. The van der Waals surface area contributed by atoms with Gasteiger partial charge >= 0.3 is 5.97 Å². The molecule has 3 aromatic rings. The zero-order valence-corrected chi connectivity index (χ0v) is 14.1. The number of carboxylic acids is 1. The van der Waals surface area contributed by atoms with Gasteiger partial charge in [-0.1, -0.05) is 0 Å². The fourth-order valence-corrected chi connectivity index (χ4v) is 3.50. The lowest BCUT2D eigenvalue weighted by Gasteiger charge is -2.16. The van der Waals surface area contributed by atoms with Crippen LogP contribution in [0.15, 0.2) is 41.3 Å². The van der Waals surface area contributed by atoms with Crippen LogP contribution in [-0.2, 0) is 0 Å². The Morgan fingerprint density at radius 1 is 1.23 bits per heavy atom. The van der Waals surface area contributed by atoms with Crippen molar-refractivity contribution in [2.45, 2.75) is 25.7 Å². The third-order valence-corrected chi connectivity index (χ3v) is 4.94. The van der Waals surface area contributed by atoms with E-state index in [1.807, 2.05) is 6.92 Å². The summed E-state index contributed by atoms with van der Waals surface area (Å²) >= 11 is 0. The molecule has 0 unspecified atom stereocenters. The second-order valence-corrected chi connectivity index (χ2v) is 6.71. The van der Waals surface area contributed by atoms with Crippen LogP contribution >= 0.6 is 0 Å². The number of carbonyl (C=O) groups is 1. The Bertz CT molecular complexity index is 1130. The van der Waals surface area contributed by atoms with Crippen molar-refractivity contribution in [2.75, 3.05) is 5.73 Å². The summed E-state index contributed by atoms with van der Waals surface area (Å²) in [6, 6.07) is 7.63. The average Bonchev–Trinajstić information content (AvgIpc) is 3.41. The van der Waals surface area contributed by atoms with Crippen LogP contribution in [0.3, 0.4) is 0 Å². The Morgan fingerprint density at radius 2 is 1.96 bits per heavy atom. The standard InChI is InChI=1S/C20H17FN2O3/c1-10-13(14-5-4-12(22)8-17(14)21)6-7-23-18(10)15(11-2-3-11)9-16(19(23)24)20(25)26/h4-9,11H,2-3,22H2,1H3,(H,25,26). The van der Waals surface area contributed by atoms with Crippen molar-refractivity contribution in [3.63, 3.8) is 0 Å². The molecule has 1 aliphatic carbocycles. The van der Waals surface area contributed by atoms with Crippen LogP contribution in [0.25, 0.3) is 16.6 Å². The first kappa shape index (κ1) is 16.3. The molecule has 0 aliphatic heterocycles. The summed E-state index contributed by atoms with van der Waals surface area (Å²) in [4.78, 5) is 24.0. The molecular formula is C20H17FN2O3. The number of hydrogen-bond acceptors (Lipinski definition) is 3. The van der Waals surface area contributed by atoms with E-state index >= 15 is 0 Å². The Hall–Kier alpha value is -3.15. The first-order chi connectivity index (χ1) is 12.4. The normalized spacial score (nSPS) is 13.9. The van der Waals surface area contributed by atoms with Gasteiger partial charge in [0.05, 0.1) is 5.52 Å². The van der Waals surface area contributed by atoms with Gasteiger partial charge in [0.25, 0.3) is 5.56 Å². The minimum Gasteiger partial charge on any atom is -0.477 e. The average molecular weight is 352 g/mol. The van der Waals surface area contributed by atoms with Gasteiger partial charge < -0.3 is 10.8 Å². The van der Waals surface area contributed by atoms with Crippen molar-refractivity contribution < 1.29 is 14.3 Å². The highest BCUT2D eigenvalue weighted by molar-refractivity contribution is 5.89. The lowest BCUT2D eigenvalue weighted by molar-refractivity contribution is 0.0694. The zero-order valence-electron chi connectivity index (χ0n) is 14.1. The number of carboxylic acid groups (broad SMARTS) is 1. The maximum Gasteiger partial charge on any atom is 0.341 e. The number of nitrogen functional groups attached to an aromatic ring is 1. The fourth-order valence-electron chi connectivity index (χ4n) is 3.50. The number of fused-ring (bicyclic) bond motifs is 1. The van der Waals surface area contributed by atoms with Crippen LogP contribution in [0.4, 0.5) is 10.1 Å². The van der Waals surface area contributed by atoms with E-state index in [1.54, 1.807) is 18.2 Å². The molecule has 0 radical (unpaired) electrons. The van der Waals surface area contributed by atoms with E-state index in [0.29, 0.717) is 22.3 Å². The second kappa shape index (κ2) is 5.69.